The lowest BCUT2D eigenvalue weighted by molar-refractivity contribution is 0.0596. The second kappa shape index (κ2) is 7.39. The number of hydrogen-bond donors (Lipinski definition) is 1. The molecule has 2 N–H and O–H groups in total. The largest absolute Gasteiger partial charge is 0.465 e. The number of carbonyl (C=O) groups excluding carboxylic acids is 1. The summed E-state index contributed by atoms with van der Waals surface area (Å²) >= 11 is 0. The lowest BCUT2D eigenvalue weighted by Gasteiger charge is -2.18. The van der Waals surface area contributed by atoms with Crippen LogP contribution in [0.3, 0.4) is 0 Å². The van der Waals surface area contributed by atoms with Crippen molar-refractivity contribution in [2.24, 2.45) is 0 Å². The minimum atomic E-state index is -3.83. The number of nitrogen functional groups attached to an aromatic ring is 1. The molecule has 0 atom stereocenters. The van der Waals surface area contributed by atoms with Crippen molar-refractivity contribution >= 4 is 21.7 Å². The molecule has 0 saturated heterocycles. The van der Waals surface area contributed by atoms with Gasteiger partial charge in [-0.05, 0) is 25.1 Å². The summed E-state index contributed by atoms with van der Waals surface area (Å²) < 4.78 is 35.9. The van der Waals surface area contributed by atoms with Crippen molar-refractivity contribution in [3.63, 3.8) is 0 Å². The zero-order valence-electron chi connectivity index (χ0n) is 12.3. The van der Waals surface area contributed by atoms with Crippen LogP contribution in [0.4, 0.5) is 5.69 Å². The highest BCUT2D eigenvalue weighted by Gasteiger charge is 2.27. The summed E-state index contributed by atoms with van der Waals surface area (Å²) in [6.07, 6.45) is 0. The van der Waals surface area contributed by atoms with E-state index in [1.54, 1.807) is 0 Å². The van der Waals surface area contributed by atoms with E-state index in [-0.39, 0.29) is 29.3 Å². The van der Waals surface area contributed by atoms with Gasteiger partial charge in [-0.1, -0.05) is 0 Å². The van der Waals surface area contributed by atoms with Gasteiger partial charge in [-0.2, -0.15) is 4.31 Å². The number of benzene rings is 1. The summed E-state index contributed by atoms with van der Waals surface area (Å²) in [6.45, 7) is 2.78. The average molecular weight is 316 g/mol. The molecule has 0 amide bonds. The number of sulfonamides is 1. The van der Waals surface area contributed by atoms with Gasteiger partial charge in [0.1, 0.15) is 0 Å². The third kappa shape index (κ3) is 4.16. The summed E-state index contributed by atoms with van der Waals surface area (Å²) in [4.78, 5) is 11.6. The molecule has 0 aliphatic rings. The van der Waals surface area contributed by atoms with Crippen LogP contribution >= 0.6 is 0 Å². The van der Waals surface area contributed by atoms with Crippen LogP contribution in [0, 0.1) is 0 Å². The van der Waals surface area contributed by atoms with E-state index >= 15 is 0 Å². The number of rotatable bonds is 7. The first-order chi connectivity index (χ1) is 9.84. The van der Waals surface area contributed by atoms with Gasteiger partial charge in [-0.15, -0.1) is 0 Å². The van der Waals surface area contributed by atoms with Crippen molar-refractivity contribution in [2.75, 3.05) is 39.6 Å². The number of esters is 1. The summed E-state index contributed by atoms with van der Waals surface area (Å²) in [7, 11) is -1.22. The molecule has 0 bridgehead atoms. The fourth-order valence-electron chi connectivity index (χ4n) is 1.67. The molecule has 0 aliphatic heterocycles. The lowest BCUT2D eigenvalue weighted by atomic mass is 10.2. The van der Waals surface area contributed by atoms with E-state index in [0.29, 0.717) is 6.61 Å². The number of likely N-dealkylation sites (N-methyl/N-ethyl adjacent to an activating group) is 1. The number of methoxy groups -OCH3 is 1. The van der Waals surface area contributed by atoms with Gasteiger partial charge in [-0.3, -0.25) is 0 Å². The predicted octanol–water partition coefficient (Wildman–Crippen LogP) is 0.712. The van der Waals surface area contributed by atoms with Crippen LogP contribution in [-0.4, -0.2) is 52.6 Å². The molecule has 0 heterocycles. The maximum Gasteiger partial charge on any atom is 0.339 e. The predicted molar refractivity (Wildman–Crippen MR) is 78.5 cm³/mol. The highest BCUT2D eigenvalue weighted by atomic mass is 32.2. The SMILES string of the molecule is CCOCCN(C)S(=O)(=O)c1ccc(N)cc1C(=O)OC. The molecule has 1 aromatic rings. The number of hydrogen-bond acceptors (Lipinski definition) is 6. The van der Waals surface area contributed by atoms with E-state index in [2.05, 4.69) is 4.74 Å². The fourth-order valence-corrected chi connectivity index (χ4v) is 2.98. The van der Waals surface area contributed by atoms with Gasteiger partial charge in [0.25, 0.3) is 0 Å². The molecule has 0 fully saturated rings. The molecule has 21 heavy (non-hydrogen) atoms. The Kier molecular flexibility index (Phi) is 6.13. The Morgan fingerprint density at radius 2 is 2.05 bits per heavy atom. The Labute approximate surface area is 124 Å². The van der Waals surface area contributed by atoms with Crippen molar-refractivity contribution in [1.29, 1.82) is 0 Å². The molecule has 0 aliphatic carbocycles. The zero-order chi connectivity index (χ0) is 16.0. The van der Waals surface area contributed by atoms with Crippen molar-refractivity contribution in [3.8, 4) is 0 Å². The van der Waals surface area contributed by atoms with Crippen LogP contribution in [-0.2, 0) is 19.5 Å². The Balaban J connectivity index is 3.16. The normalized spacial score (nSPS) is 11.6. The van der Waals surface area contributed by atoms with Crippen molar-refractivity contribution in [2.45, 2.75) is 11.8 Å². The van der Waals surface area contributed by atoms with Crippen LogP contribution in [0.15, 0.2) is 23.1 Å². The maximum atomic E-state index is 12.5. The van der Waals surface area contributed by atoms with Crippen LogP contribution < -0.4 is 5.73 Å². The van der Waals surface area contributed by atoms with Crippen LogP contribution in [0.5, 0.6) is 0 Å². The van der Waals surface area contributed by atoms with Gasteiger partial charge >= 0.3 is 5.97 Å². The van der Waals surface area contributed by atoms with E-state index in [9.17, 15) is 13.2 Å². The van der Waals surface area contributed by atoms with E-state index in [1.165, 1.54) is 32.4 Å². The zero-order valence-corrected chi connectivity index (χ0v) is 13.1. The molecule has 0 spiro atoms. The molecule has 8 heteroatoms. The summed E-state index contributed by atoms with van der Waals surface area (Å²) in [5.74, 6) is -0.751. The van der Waals surface area contributed by atoms with E-state index in [4.69, 9.17) is 10.5 Å². The van der Waals surface area contributed by atoms with E-state index in [1.807, 2.05) is 6.92 Å². The third-order valence-electron chi connectivity index (χ3n) is 2.85. The molecular formula is C13H20N2O5S. The number of nitrogens with two attached hydrogens (primary N) is 1. The first-order valence-corrected chi connectivity index (χ1v) is 7.80. The quantitative estimate of drug-likeness (QED) is 0.452. The fraction of sp³-hybridized carbons (Fsp3) is 0.462. The maximum absolute atomic E-state index is 12.5. The molecule has 0 radical (unpaired) electrons. The van der Waals surface area contributed by atoms with Gasteiger partial charge in [-0.25, -0.2) is 13.2 Å². The number of ether oxygens (including phenoxy) is 2. The molecule has 7 nitrogen and oxygen atoms in total. The smallest absolute Gasteiger partial charge is 0.339 e. The van der Waals surface area contributed by atoms with Crippen molar-refractivity contribution < 1.29 is 22.7 Å². The molecule has 1 aromatic carbocycles. The Bertz CT molecular complexity index is 601. The Morgan fingerprint density at radius 1 is 1.38 bits per heavy atom. The first kappa shape index (κ1) is 17.4. The van der Waals surface area contributed by atoms with Gasteiger partial charge in [0.2, 0.25) is 10.0 Å². The van der Waals surface area contributed by atoms with Crippen LogP contribution in [0.25, 0.3) is 0 Å². The third-order valence-corrected chi connectivity index (χ3v) is 4.77. The second-order valence-corrected chi connectivity index (χ2v) is 6.28. The van der Waals surface area contributed by atoms with E-state index in [0.717, 1.165) is 4.31 Å². The standard InChI is InChI=1S/C13H20N2O5S/c1-4-20-8-7-15(2)21(17,18)12-6-5-10(14)9-11(12)13(16)19-3/h5-6,9H,4,7-8,14H2,1-3H3. The van der Waals surface area contributed by atoms with Gasteiger partial charge in [0, 0.05) is 25.9 Å². The molecule has 118 valence electrons. The number of nitrogens with zero attached hydrogens (tertiary/aromatic N) is 1. The molecule has 0 aromatic heterocycles. The monoisotopic (exact) mass is 316 g/mol. The van der Waals surface area contributed by atoms with Crippen molar-refractivity contribution in [3.05, 3.63) is 23.8 Å². The highest BCUT2D eigenvalue weighted by molar-refractivity contribution is 7.89. The minimum absolute atomic E-state index is 0.0826. The van der Waals surface area contributed by atoms with Gasteiger partial charge in [0.05, 0.1) is 24.2 Å². The topological polar surface area (TPSA) is 98.9 Å². The highest BCUT2D eigenvalue weighted by Crippen LogP contribution is 2.22. The van der Waals surface area contributed by atoms with Crippen LogP contribution in [0.1, 0.15) is 17.3 Å². The second-order valence-electron chi connectivity index (χ2n) is 4.27. The molecular weight excluding hydrogens is 296 g/mol. The average Bonchev–Trinajstić information content (AvgIpc) is 2.46. The van der Waals surface area contributed by atoms with Gasteiger partial charge in [0.15, 0.2) is 0 Å². The first-order valence-electron chi connectivity index (χ1n) is 6.36. The molecule has 1 rings (SSSR count). The number of anilines is 1. The molecule has 0 saturated carbocycles. The van der Waals surface area contributed by atoms with Crippen LogP contribution in [0.2, 0.25) is 0 Å². The summed E-state index contributed by atoms with van der Waals surface area (Å²) in [5, 5.41) is 0. The summed E-state index contributed by atoms with van der Waals surface area (Å²) in [5.41, 5.74) is 5.80. The Hall–Kier alpha value is -1.64. The molecule has 0 unspecified atom stereocenters. The van der Waals surface area contributed by atoms with Gasteiger partial charge < -0.3 is 15.2 Å². The van der Waals surface area contributed by atoms with E-state index < -0.39 is 16.0 Å². The minimum Gasteiger partial charge on any atom is -0.465 e. The Morgan fingerprint density at radius 3 is 2.62 bits per heavy atom. The summed E-state index contributed by atoms with van der Waals surface area (Å²) in [6, 6.07) is 4.01. The van der Waals surface area contributed by atoms with Crippen molar-refractivity contribution in [1.82, 2.24) is 4.31 Å². The number of carbonyl (C=O) groups is 1. The lowest BCUT2D eigenvalue weighted by Crippen LogP contribution is -2.31.